The summed E-state index contributed by atoms with van der Waals surface area (Å²) in [6.45, 7) is 7.83. The van der Waals surface area contributed by atoms with Gasteiger partial charge in [-0.2, -0.15) is 10.5 Å². The molecule has 0 aliphatic heterocycles. The number of carbonyl (C=O) groups excluding carboxylic acids is 4. The number of rotatable bonds is 17. The Kier molecular flexibility index (Phi) is 13.3. The highest BCUT2D eigenvalue weighted by atomic mass is 16.2. The van der Waals surface area contributed by atoms with Gasteiger partial charge in [0.25, 0.3) is 0 Å². The highest BCUT2D eigenvalue weighted by molar-refractivity contribution is 5.82. The van der Waals surface area contributed by atoms with Crippen molar-refractivity contribution in [1.82, 2.24) is 5.32 Å². The molecule has 0 rings (SSSR count). The molecular formula is C24H37N3O4. The van der Waals surface area contributed by atoms with Crippen LogP contribution in [0.15, 0.2) is 0 Å². The fourth-order valence-electron chi connectivity index (χ4n) is 3.66. The third-order valence-corrected chi connectivity index (χ3v) is 5.32. The molecule has 0 aromatic rings. The normalized spacial score (nSPS) is 11.3. The summed E-state index contributed by atoms with van der Waals surface area (Å²) in [6.07, 6.45) is 7.20. The van der Waals surface area contributed by atoms with Crippen molar-refractivity contribution < 1.29 is 19.2 Å². The van der Waals surface area contributed by atoms with E-state index in [0.29, 0.717) is 57.8 Å². The van der Waals surface area contributed by atoms with Crippen LogP contribution in [0.5, 0.6) is 0 Å². The number of hydrogen-bond acceptors (Lipinski definition) is 6. The molecule has 0 unspecified atom stereocenters. The molecule has 0 fully saturated rings. The minimum Gasteiger partial charge on any atom is -0.300 e. The highest BCUT2D eigenvalue weighted by Crippen LogP contribution is 2.29. The van der Waals surface area contributed by atoms with Gasteiger partial charge < -0.3 is 0 Å². The molecule has 0 saturated heterocycles. The first-order valence-corrected chi connectivity index (χ1v) is 11.0. The molecule has 0 atom stereocenters. The van der Waals surface area contributed by atoms with Gasteiger partial charge in [0.2, 0.25) is 5.91 Å². The Morgan fingerprint density at radius 3 is 1.61 bits per heavy atom. The van der Waals surface area contributed by atoms with E-state index in [1.807, 2.05) is 33.8 Å². The lowest BCUT2D eigenvalue weighted by molar-refractivity contribution is -0.122. The van der Waals surface area contributed by atoms with Crippen LogP contribution in [-0.4, -0.2) is 23.3 Å². The zero-order valence-electron chi connectivity index (χ0n) is 19.5. The fraction of sp³-hybridized carbons (Fsp3) is 0.750. The van der Waals surface area contributed by atoms with Crippen molar-refractivity contribution in [2.24, 2.45) is 10.8 Å². The number of ketones is 3. The summed E-state index contributed by atoms with van der Waals surface area (Å²) < 4.78 is 0. The van der Waals surface area contributed by atoms with Crippen LogP contribution >= 0.6 is 0 Å². The van der Waals surface area contributed by atoms with E-state index < -0.39 is 0 Å². The van der Waals surface area contributed by atoms with E-state index >= 15 is 0 Å². The maximum Gasteiger partial charge on any atom is 0.233 e. The first-order valence-electron chi connectivity index (χ1n) is 11.0. The molecule has 7 heteroatoms. The van der Waals surface area contributed by atoms with Gasteiger partial charge in [-0.3, -0.25) is 24.5 Å². The second-order valence-electron chi connectivity index (χ2n) is 9.85. The fourth-order valence-corrected chi connectivity index (χ4v) is 3.66. The predicted molar refractivity (Wildman–Crippen MR) is 117 cm³/mol. The predicted octanol–water partition coefficient (Wildman–Crippen LogP) is 4.55. The van der Waals surface area contributed by atoms with Crippen molar-refractivity contribution in [2.45, 2.75) is 105 Å². The Morgan fingerprint density at radius 1 is 0.710 bits per heavy atom. The lowest BCUT2D eigenvalue weighted by atomic mass is 9.81. The third-order valence-electron chi connectivity index (χ3n) is 5.32. The second-order valence-corrected chi connectivity index (χ2v) is 9.85. The molecule has 0 heterocycles. The van der Waals surface area contributed by atoms with Crippen molar-refractivity contribution in [2.75, 3.05) is 0 Å². The summed E-state index contributed by atoms with van der Waals surface area (Å²) >= 11 is 0. The second kappa shape index (κ2) is 14.5. The van der Waals surface area contributed by atoms with E-state index in [0.717, 1.165) is 6.42 Å². The van der Waals surface area contributed by atoms with Crippen LogP contribution in [0.3, 0.4) is 0 Å². The molecule has 0 aromatic heterocycles. The molecule has 0 saturated carbocycles. The van der Waals surface area contributed by atoms with Crippen LogP contribution in [0.25, 0.3) is 0 Å². The van der Waals surface area contributed by atoms with Crippen LogP contribution in [0, 0.1) is 33.6 Å². The topological polar surface area (TPSA) is 128 Å². The molecule has 0 bridgehead atoms. The third kappa shape index (κ3) is 15.9. The molecule has 1 N–H and O–H groups in total. The zero-order valence-corrected chi connectivity index (χ0v) is 19.5. The van der Waals surface area contributed by atoms with Gasteiger partial charge in [0, 0.05) is 38.5 Å². The molecule has 0 aromatic carbocycles. The molecular weight excluding hydrogens is 394 g/mol. The van der Waals surface area contributed by atoms with E-state index in [1.165, 1.54) is 0 Å². The van der Waals surface area contributed by atoms with E-state index in [9.17, 15) is 19.2 Å². The zero-order chi connectivity index (χ0) is 23.9. The van der Waals surface area contributed by atoms with Gasteiger partial charge in [0.05, 0.1) is 12.5 Å². The Hall–Kier alpha value is -2.54. The molecule has 172 valence electrons. The number of nitriles is 2. The Labute approximate surface area is 186 Å². The summed E-state index contributed by atoms with van der Waals surface area (Å²) in [4.78, 5) is 47.2. The van der Waals surface area contributed by atoms with Crippen LogP contribution < -0.4 is 5.32 Å². The van der Waals surface area contributed by atoms with Gasteiger partial charge in [-0.15, -0.1) is 0 Å². The first-order chi connectivity index (χ1) is 14.4. The van der Waals surface area contributed by atoms with E-state index in [1.54, 1.807) is 6.19 Å². The Bertz CT molecular complexity index is 651. The van der Waals surface area contributed by atoms with E-state index in [-0.39, 0.29) is 46.9 Å². The van der Waals surface area contributed by atoms with Gasteiger partial charge in [0.1, 0.15) is 17.3 Å². The molecule has 1 amide bonds. The molecule has 0 radical (unpaired) electrons. The number of nitrogens with zero attached hydrogens (tertiary/aromatic N) is 2. The largest absolute Gasteiger partial charge is 0.300 e. The standard InChI is InChI=1S/C24H37N3O4/c1-23(2,16-21(30)12-15-25)13-6-10-19(28)8-5-9-20(29)11-7-14-24(3,4)17-22(31)27-18-26/h5-14,16-17H2,1-4H3,(H,27,31). The highest BCUT2D eigenvalue weighted by Gasteiger charge is 2.23. The Balaban J connectivity index is 3.98. The van der Waals surface area contributed by atoms with Gasteiger partial charge in [0.15, 0.2) is 6.19 Å². The summed E-state index contributed by atoms with van der Waals surface area (Å²) in [5.41, 5.74) is -0.489. The lowest BCUT2D eigenvalue weighted by Gasteiger charge is -2.23. The van der Waals surface area contributed by atoms with Crippen LogP contribution in [0.1, 0.15) is 105 Å². The summed E-state index contributed by atoms with van der Waals surface area (Å²) in [7, 11) is 0. The minimum absolute atomic E-state index is 0.0637. The average Bonchev–Trinajstić information content (AvgIpc) is 2.60. The van der Waals surface area contributed by atoms with Crippen molar-refractivity contribution in [3.05, 3.63) is 0 Å². The molecule has 0 aliphatic carbocycles. The number of amides is 1. The number of nitrogens with one attached hydrogen (secondary N) is 1. The van der Waals surface area contributed by atoms with Gasteiger partial charge in [-0.1, -0.05) is 27.7 Å². The van der Waals surface area contributed by atoms with Gasteiger partial charge in [-0.25, -0.2) is 0 Å². The number of Topliss-reactive ketones (excluding diaryl/α,β-unsaturated/α-hetero) is 3. The van der Waals surface area contributed by atoms with Crippen LogP contribution in [0.4, 0.5) is 0 Å². The maximum atomic E-state index is 12.1. The summed E-state index contributed by atoms with van der Waals surface area (Å²) in [5, 5.41) is 19.2. The van der Waals surface area contributed by atoms with Crippen molar-refractivity contribution in [1.29, 1.82) is 10.5 Å². The Morgan fingerprint density at radius 2 is 1.16 bits per heavy atom. The molecule has 7 nitrogen and oxygen atoms in total. The van der Waals surface area contributed by atoms with E-state index in [2.05, 4.69) is 5.32 Å². The van der Waals surface area contributed by atoms with Gasteiger partial charge in [-0.05, 0) is 42.9 Å². The molecule has 0 aliphatic rings. The SMILES string of the molecule is CC(C)(CCCC(=O)CCCC(=O)CCCC(C)(C)CC(=O)NC#N)CC(=O)CC#N. The summed E-state index contributed by atoms with van der Waals surface area (Å²) in [5.74, 6) is -0.112. The van der Waals surface area contributed by atoms with Crippen LogP contribution in [0.2, 0.25) is 0 Å². The first kappa shape index (κ1) is 28.5. The molecule has 0 spiro atoms. The smallest absolute Gasteiger partial charge is 0.233 e. The number of hydrogen-bond donors (Lipinski definition) is 1. The van der Waals surface area contributed by atoms with Crippen molar-refractivity contribution in [3.63, 3.8) is 0 Å². The average molecular weight is 432 g/mol. The number of carbonyl (C=O) groups is 4. The van der Waals surface area contributed by atoms with Gasteiger partial charge >= 0.3 is 0 Å². The molecule has 31 heavy (non-hydrogen) atoms. The quantitative estimate of drug-likeness (QED) is 0.266. The maximum absolute atomic E-state index is 12.1. The minimum atomic E-state index is -0.311. The summed E-state index contributed by atoms with van der Waals surface area (Å²) in [6, 6.07) is 1.87. The van der Waals surface area contributed by atoms with E-state index in [4.69, 9.17) is 10.5 Å². The van der Waals surface area contributed by atoms with Crippen molar-refractivity contribution >= 4 is 23.3 Å². The monoisotopic (exact) mass is 431 g/mol. The lowest BCUT2D eigenvalue weighted by Crippen LogP contribution is -2.25. The van der Waals surface area contributed by atoms with Crippen molar-refractivity contribution in [3.8, 4) is 12.3 Å². The van der Waals surface area contributed by atoms with Crippen LogP contribution in [-0.2, 0) is 19.2 Å².